The summed E-state index contributed by atoms with van der Waals surface area (Å²) in [5.74, 6) is 0.418. The maximum atomic E-state index is 12.3. The summed E-state index contributed by atoms with van der Waals surface area (Å²) in [6, 6.07) is 0.239. The van der Waals surface area contributed by atoms with Gasteiger partial charge in [-0.3, -0.25) is 4.79 Å². The second-order valence-corrected chi connectivity index (χ2v) is 7.57. The molecule has 17 heavy (non-hydrogen) atoms. The van der Waals surface area contributed by atoms with Gasteiger partial charge in [-0.2, -0.15) is 5.10 Å². The molecule has 1 aliphatic carbocycles. The summed E-state index contributed by atoms with van der Waals surface area (Å²) in [6.45, 7) is 10.9. The Labute approximate surface area is 104 Å². The highest BCUT2D eigenvalue weighted by molar-refractivity contribution is 6.07. The van der Waals surface area contributed by atoms with Crippen molar-refractivity contribution in [1.82, 2.24) is 5.43 Å². The summed E-state index contributed by atoms with van der Waals surface area (Å²) in [5.41, 5.74) is 4.58. The van der Waals surface area contributed by atoms with E-state index < -0.39 is 0 Å². The van der Waals surface area contributed by atoms with Crippen LogP contribution in [0.5, 0.6) is 0 Å². The number of hydrazone groups is 1. The van der Waals surface area contributed by atoms with Crippen LogP contribution in [0.15, 0.2) is 5.10 Å². The van der Waals surface area contributed by atoms with Crippen molar-refractivity contribution in [1.29, 1.82) is 0 Å². The van der Waals surface area contributed by atoms with Crippen LogP contribution in [-0.2, 0) is 4.79 Å². The van der Waals surface area contributed by atoms with E-state index in [-0.39, 0.29) is 22.8 Å². The van der Waals surface area contributed by atoms with Crippen LogP contribution >= 0.6 is 0 Å². The van der Waals surface area contributed by atoms with E-state index in [1.165, 1.54) is 0 Å². The van der Waals surface area contributed by atoms with E-state index in [0.717, 1.165) is 18.6 Å². The topological polar surface area (TPSA) is 41.5 Å². The Bertz CT molecular complexity index is 363. The number of hydrogen-bond acceptors (Lipinski definition) is 3. The van der Waals surface area contributed by atoms with Crippen molar-refractivity contribution in [3.63, 3.8) is 0 Å². The van der Waals surface area contributed by atoms with Gasteiger partial charge in [0.2, 0.25) is 0 Å². The summed E-state index contributed by atoms with van der Waals surface area (Å²) in [7, 11) is 0. The van der Waals surface area contributed by atoms with E-state index in [1.54, 1.807) is 0 Å². The largest absolute Gasteiger partial charge is 0.306 e. The number of nitrogens with one attached hydrogen (secondary N) is 1. The molecule has 96 valence electrons. The predicted molar refractivity (Wildman–Crippen MR) is 69.9 cm³/mol. The van der Waals surface area contributed by atoms with E-state index >= 15 is 0 Å². The SMILES string of the molecule is CC(C)(C)CC1=NN[C@@H]2CC(C)(C)CC(=O)[C@@H]12. The van der Waals surface area contributed by atoms with Crippen LogP contribution in [0.4, 0.5) is 0 Å². The van der Waals surface area contributed by atoms with Crippen molar-refractivity contribution < 1.29 is 4.79 Å². The molecule has 1 aliphatic heterocycles. The molecule has 0 aromatic carbocycles. The number of nitrogens with zero attached hydrogens (tertiary/aromatic N) is 1. The second kappa shape index (κ2) is 3.82. The van der Waals surface area contributed by atoms with Crippen molar-refractivity contribution in [3.8, 4) is 0 Å². The van der Waals surface area contributed by atoms with Crippen LogP contribution in [0.1, 0.15) is 53.9 Å². The average molecular weight is 236 g/mol. The van der Waals surface area contributed by atoms with Crippen LogP contribution in [0.25, 0.3) is 0 Å². The Kier molecular flexibility index (Phi) is 2.83. The van der Waals surface area contributed by atoms with Gasteiger partial charge in [-0.25, -0.2) is 0 Å². The summed E-state index contributed by atoms with van der Waals surface area (Å²) in [4.78, 5) is 12.3. The van der Waals surface area contributed by atoms with Gasteiger partial charge in [0.05, 0.1) is 17.7 Å². The fraction of sp³-hybridized carbons (Fsp3) is 0.857. The van der Waals surface area contributed by atoms with Gasteiger partial charge < -0.3 is 5.43 Å². The molecule has 0 radical (unpaired) electrons. The molecule has 0 aromatic heterocycles. The quantitative estimate of drug-likeness (QED) is 0.760. The van der Waals surface area contributed by atoms with Crippen molar-refractivity contribution >= 4 is 11.5 Å². The third-order valence-corrected chi connectivity index (χ3v) is 3.62. The molecule has 0 bridgehead atoms. The molecule has 0 spiro atoms. The predicted octanol–water partition coefficient (Wildman–Crippen LogP) is 2.76. The number of hydrogen-bond donors (Lipinski definition) is 1. The molecule has 1 heterocycles. The zero-order valence-electron chi connectivity index (χ0n) is 11.6. The summed E-state index contributed by atoms with van der Waals surface area (Å²) < 4.78 is 0. The van der Waals surface area contributed by atoms with Crippen LogP contribution in [0, 0.1) is 16.7 Å². The first-order valence-corrected chi connectivity index (χ1v) is 6.53. The Hall–Kier alpha value is -0.860. The van der Waals surface area contributed by atoms with Crippen molar-refractivity contribution in [2.45, 2.75) is 59.9 Å². The molecule has 2 rings (SSSR count). The lowest BCUT2D eigenvalue weighted by Gasteiger charge is -2.36. The number of rotatable bonds is 1. The number of carbonyl (C=O) groups excluding carboxylic acids is 1. The molecular weight excluding hydrogens is 212 g/mol. The lowest BCUT2D eigenvalue weighted by atomic mass is 9.67. The highest BCUT2D eigenvalue weighted by Gasteiger charge is 2.46. The number of carbonyl (C=O) groups is 1. The Balaban J connectivity index is 2.14. The van der Waals surface area contributed by atoms with Crippen LogP contribution in [0.2, 0.25) is 0 Å². The summed E-state index contributed by atoms with van der Waals surface area (Å²) in [6.07, 6.45) is 2.65. The minimum atomic E-state index is 0.0437. The first kappa shape index (κ1) is 12.6. The van der Waals surface area contributed by atoms with Gasteiger partial charge in [-0.05, 0) is 23.7 Å². The third-order valence-electron chi connectivity index (χ3n) is 3.62. The standard InChI is InChI=1S/C14H24N2O/c1-13(2,3)6-9-12-10(16-15-9)7-14(4,5)8-11(12)17/h10,12,16H,6-8H2,1-5H3/t10-,12+/m1/s1. The molecular formula is C14H24N2O. The highest BCUT2D eigenvalue weighted by Crippen LogP contribution is 2.40. The molecule has 2 aliphatic rings. The van der Waals surface area contributed by atoms with Crippen LogP contribution in [0.3, 0.4) is 0 Å². The molecule has 1 fully saturated rings. The maximum Gasteiger partial charge on any atom is 0.144 e. The zero-order chi connectivity index (χ0) is 12.8. The van der Waals surface area contributed by atoms with Gasteiger partial charge >= 0.3 is 0 Å². The molecule has 0 saturated heterocycles. The van der Waals surface area contributed by atoms with Gasteiger partial charge in [0.25, 0.3) is 0 Å². The van der Waals surface area contributed by atoms with Crippen LogP contribution < -0.4 is 5.43 Å². The Morgan fingerprint density at radius 2 is 2.06 bits per heavy atom. The summed E-state index contributed by atoms with van der Waals surface area (Å²) in [5, 5.41) is 4.43. The second-order valence-electron chi connectivity index (χ2n) is 7.57. The minimum Gasteiger partial charge on any atom is -0.306 e. The molecule has 1 saturated carbocycles. The van der Waals surface area contributed by atoms with E-state index in [2.05, 4.69) is 45.1 Å². The van der Waals surface area contributed by atoms with Gasteiger partial charge in [0.1, 0.15) is 5.78 Å². The van der Waals surface area contributed by atoms with E-state index in [0.29, 0.717) is 12.2 Å². The van der Waals surface area contributed by atoms with Gasteiger partial charge in [-0.15, -0.1) is 0 Å². The van der Waals surface area contributed by atoms with E-state index in [1.807, 2.05) is 0 Å². The van der Waals surface area contributed by atoms with E-state index in [9.17, 15) is 4.79 Å². The fourth-order valence-electron chi connectivity index (χ4n) is 3.06. The Morgan fingerprint density at radius 3 is 2.65 bits per heavy atom. The minimum absolute atomic E-state index is 0.0437. The van der Waals surface area contributed by atoms with Gasteiger partial charge in [0.15, 0.2) is 0 Å². The maximum absolute atomic E-state index is 12.3. The molecule has 0 unspecified atom stereocenters. The first-order chi connectivity index (χ1) is 7.68. The monoisotopic (exact) mass is 236 g/mol. The molecule has 0 amide bonds. The third kappa shape index (κ3) is 2.70. The molecule has 3 heteroatoms. The zero-order valence-corrected chi connectivity index (χ0v) is 11.6. The number of ketones is 1. The normalized spacial score (nSPS) is 31.8. The van der Waals surface area contributed by atoms with Crippen molar-refractivity contribution in [2.24, 2.45) is 21.8 Å². The summed E-state index contributed by atoms with van der Waals surface area (Å²) >= 11 is 0. The first-order valence-electron chi connectivity index (χ1n) is 6.53. The lowest BCUT2D eigenvalue weighted by molar-refractivity contribution is -0.126. The van der Waals surface area contributed by atoms with Gasteiger partial charge in [0, 0.05) is 6.42 Å². The van der Waals surface area contributed by atoms with Crippen molar-refractivity contribution in [2.75, 3.05) is 0 Å². The molecule has 1 N–H and O–H groups in total. The van der Waals surface area contributed by atoms with Gasteiger partial charge in [-0.1, -0.05) is 34.6 Å². The molecule has 2 atom stereocenters. The molecule has 3 nitrogen and oxygen atoms in total. The van der Waals surface area contributed by atoms with Crippen LogP contribution in [-0.4, -0.2) is 17.5 Å². The van der Waals surface area contributed by atoms with Crippen molar-refractivity contribution in [3.05, 3.63) is 0 Å². The van der Waals surface area contributed by atoms with E-state index in [4.69, 9.17) is 0 Å². The number of Topliss-reactive ketones (excluding diaryl/α,β-unsaturated/α-hetero) is 1. The lowest BCUT2D eigenvalue weighted by Crippen LogP contribution is -2.45. The molecule has 0 aromatic rings. The Morgan fingerprint density at radius 1 is 1.41 bits per heavy atom. The average Bonchev–Trinajstić information content (AvgIpc) is 2.42. The fourth-order valence-corrected chi connectivity index (χ4v) is 3.06. The number of fused-ring (bicyclic) bond motifs is 1. The highest BCUT2D eigenvalue weighted by atomic mass is 16.1. The smallest absolute Gasteiger partial charge is 0.144 e.